The Balaban J connectivity index is 2.15. The van der Waals surface area contributed by atoms with Crippen LogP contribution < -0.4 is 9.47 Å². The molecule has 0 atom stereocenters. The van der Waals surface area contributed by atoms with Gasteiger partial charge in [-0.15, -0.1) is 0 Å². The first-order chi connectivity index (χ1) is 7.69. The zero-order valence-corrected chi connectivity index (χ0v) is 9.10. The van der Waals surface area contributed by atoms with Crippen LogP contribution in [-0.4, -0.2) is 24.3 Å². The minimum absolute atomic E-state index is 0.0000680. The van der Waals surface area contributed by atoms with Crippen LogP contribution in [0.3, 0.4) is 0 Å². The summed E-state index contributed by atoms with van der Waals surface area (Å²) in [4.78, 5) is 10.6. The summed E-state index contributed by atoms with van der Waals surface area (Å²) in [5.74, 6) is 0.447. The van der Waals surface area contributed by atoms with Crippen LogP contribution in [-0.2, 0) is 11.2 Å². The van der Waals surface area contributed by atoms with Crippen LogP contribution in [0.25, 0.3) is 0 Å². The van der Waals surface area contributed by atoms with E-state index in [-0.39, 0.29) is 6.42 Å². The minimum atomic E-state index is -0.849. The van der Waals surface area contributed by atoms with Gasteiger partial charge in [-0.2, -0.15) is 0 Å². The first-order valence-electron chi connectivity index (χ1n) is 5.24. The topological polar surface area (TPSA) is 55.8 Å². The highest BCUT2D eigenvalue weighted by Gasteiger charge is 2.24. The van der Waals surface area contributed by atoms with E-state index in [1.165, 1.54) is 0 Å². The zero-order valence-electron chi connectivity index (χ0n) is 9.10. The van der Waals surface area contributed by atoms with E-state index in [1.807, 2.05) is 0 Å². The number of carbonyl (C=O) groups is 1. The molecule has 0 radical (unpaired) electrons. The van der Waals surface area contributed by atoms with E-state index < -0.39 is 5.97 Å². The van der Waals surface area contributed by atoms with Gasteiger partial charge < -0.3 is 14.6 Å². The van der Waals surface area contributed by atoms with Crippen molar-refractivity contribution in [1.82, 2.24) is 0 Å². The van der Waals surface area contributed by atoms with Gasteiger partial charge in [-0.05, 0) is 30.5 Å². The Labute approximate surface area is 93.8 Å². The van der Waals surface area contributed by atoms with Crippen LogP contribution in [0.4, 0.5) is 0 Å². The van der Waals surface area contributed by atoms with E-state index in [1.54, 1.807) is 25.3 Å². The number of methoxy groups -OCH3 is 1. The number of ether oxygens (including phenoxy) is 2. The molecule has 16 heavy (non-hydrogen) atoms. The van der Waals surface area contributed by atoms with Gasteiger partial charge >= 0.3 is 5.97 Å². The maximum Gasteiger partial charge on any atom is 0.307 e. The van der Waals surface area contributed by atoms with E-state index in [9.17, 15) is 4.79 Å². The van der Waals surface area contributed by atoms with E-state index in [4.69, 9.17) is 14.6 Å². The zero-order chi connectivity index (χ0) is 11.5. The van der Waals surface area contributed by atoms with Gasteiger partial charge in [0.2, 0.25) is 0 Å². The lowest BCUT2D eigenvalue weighted by Gasteiger charge is -2.10. The second kappa shape index (κ2) is 4.43. The van der Waals surface area contributed by atoms with Gasteiger partial charge in [0, 0.05) is 0 Å². The molecule has 1 aliphatic rings. The summed E-state index contributed by atoms with van der Waals surface area (Å²) in [6, 6.07) is 5.25. The van der Waals surface area contributed by atoms with Crippen molar-refractivity contribution in [2.75, 3.05) is 7.11 Å². The standard InChI is InChI=1S/C12H14O4/c1-15-11-6-8(7-12(13)14)2-5-10(11)16-9-3-4-9/h2,5-6,9H,3-4,7H2,1H3,(H,13,14). The molecule has 1 aromatic rings. The molecule has 4 heteroatoms. The monoisotopic (exact) mass is 222 g/mol. The third-order valence-electron chi connectivity index (χ3n) is 2.40. The molecule has 0 aliphatic heterocycles. The van der Waals surface area contributed by atoms with E-state index in [0.29, 0.717) is 23.2 Å². The Morgan fingerprint density at radius 3 is 2.75 bits per heavy atom. The number of hydrogen-bond acceptors (Lipinski definition) is 3. The first-order valence-corrected chi connectivity index (χ1v) is 5.24. The van der Waals surface area contributed by atoms with Gasteiger partial charge in [-0.25, -0.2) is 0 Å². The van der Waals surface area contributed by atoms with Crippen molar-refractivity contribution in [3.8, 4) is 11.5 Å². The number of carboxylic acids is 1. The van der Waals surface area contributed by atoms with Gasteiger partial charge in [0.05, 0.1) is 19.6 Å². The Bertz CT molecular complexity index is 396. The average molecular weight is 222 g/mol. The normalized spacial score (nSPS) is 14.6. The highest BCUT2D eigenvalue weighted by Crippen LogP contribution is 2.34. The largest absolute Gasteiger partial charge is 0.493 e. The maximum atomic E-state index is 10.6. The smallest absolute Gasteiger partial charge is 0.307 e. The summed E-state index contributed by atoms with van der Waals surface area (Å²) in [7, 11) is 1.56. The molecule has 0 bridgehead atoms. The van der Waals surface area contributed by atoms with Crippen LogP contribution in [0.15, 0.2) is 18.2 Å². The Morgan fingerprint density at radius 1 is 1.44 bits per heavy atom. The van der Waals surface area contributed by atoms with Crippen LogP contribution in [0.2, 0.25) is 0 Å². The highest BCUT2D eigenvalue weighted by atomic mass is 16.5. The van der Waals surface area contributed by atoms with E-state index >= 15 is 0 Å². The molecule has 1 N–H and O–H groups in total. The molecule has 1 saturated carbocycles. The van der Waals surface area contributed by atoms with E-state index in [0.717, 1.165) is 12.8 Å². The van der Waals surface area contributed by atoms with Crippen LogP contribution >= 0.6 is 0 Å². The first kappa shape index (κ1) is 10.8. The summed E-state index contributed by atoms with van der Waals surface area (Å²) >= 11 is 0. The second-order valence-corrected chi connectivity index (χ2v) is 3.87. The lowest BCUT2D eigenvalue weighted by molar-refractivity contribution is -0.136. The molecule has 0 spiro atoms. The molecular weight excluding hydrogens is 208 g/mol. The fraction of sp³-hybridized carbons (Fsp3) is 0.417. The Kier molecular flexibility index (Phi) is 2.99. The Hall–Kier alpha value is -1.71. The average Bonchev–Trinajstić information content (AvgIpc) is 3.03. The molecule has 0 unspecified atom stereocenters. The van der Waals surface area contributed by atoms with Gasteiger partial charge in [-0.1, -0.05) is 6.07 Å². The summed E-state index contributed by atoms with van der Waals surface area (Å²) in [5.41, 5.74) is 0.715. The predicted octanol–water partition coefficient (Wildman–Crippen LogP) is 1.86. The van der Waals surface area contributed by atoms with Crippen molar-refractivity contribution in [2.45, 2.75) is 25.4 Å². The number of aliphatic carboxylic acids is 1. The molecular formula is C12H14O4. The van der Waals surface area contributed by atoms with Crippen molar-refractivity contribution in [1.29, 1.82) is 0 Å². The summed E-state index contributed by atoms with van der Waals surface area (Å²) in [6.45, 7) is 0. The maximum absolute atomic E-state index is 10.6. The van der Waals surface area contributed by atoms with Crippen molar-refractivity contribution >= 4 is 5.97 Å². The van der Waals surface area contributed by atoms with Crippen molar-refractivity contribution in [3.05, 3.63) is 23.8 Å². The molecule has 0 aromatic heterocycles. The van der Waals surface area contributed by atoms with Crippen LogP contribution in [0.5, 0.6) is 11.5 Å². The van der Waals surface area contributed by atoms with Crippen molar-refractivity contribution in [3.63, 3.8) is 0 Å². The minimum Gasteiger partial charge on any atom is -0.493 e. The van der Waals surface area contributed by atoms with Crippen molar-refractivity contribution in [2.24, 2.45) is 0 Å². The number of benzene rings is 1. The molecule has 86 valence electrons. The quantitative estimate of drug-likeness (QED) is 0.826. The van der Waals surface area contributed by atoms with Gasteiger partial charge in [0.25, 0.3) is 0 Å². The van der Waals surface area contributed by atoms with Gasteiger partial charge in [-0.3, -0.25) is 4.79 Å². The predicted molar refractivity (Wildman–Crippen MR) is 58.0 cm³/mol. The number of carboxylic acid groups (broad SMARTS) is 1. The molecule has 2 rings (SSSR count). The van der Waals surface area contributed by atoms with Crippen LogP contribution in [0, 0.1) is 0 Å². The highest BCUT2D eigenvalue weighted by molar-refractivity contribution is 5.70. The van der Waals surface area contributed by atoms with Gasteiger partial charge in [0.1, 0.15) is 0 Å². The van der Waals surface area contributed by atoms with Crippen LogP contribution in [0.1, 0.15) is 18.4 Å². The second-order valence-electron chi connectivity index (χ2n) is 3.87. The fourth-order valence-electron chi connectivity index (χ4n) is 1.46. The Morgan fingerprint density at radius 2 is 2.19 bits per heavy atom. The molecule has 0 saturated heterocycles. The molecule has 1 aliphatic carbocycles. The molecule has 0 heterocycles. The summed E-state index contributed by atoms with van der Waals surface area (Å²) < 4.78 is 10.8. The molecule has 4 nitrogen and oxygen atoms in total. The third-order valence-corrected chi connectivity index (χ3v) is 2.40. The summed E-state index contributed by atoms with van der Waals surface area (Å²) in [6.07, 6.45) is 2.47. The molecule has 1 aromatic carbocycles. The third kappa shape index (κ3) is 2.66. The van der Waals surface area contributed by atoms with Gasteiger partial charge in [0.15, 0.2) is 11.5 Å². The molecule has 0 amide bonds. The molecule has 1 fully saturated rings. The SMILES string of the molecule is COc1cc(CC(=O)O)ccc1OC1CC1. The fourth-order valence-corrected chi connectivity index (χ4v) is 1.46. The lowest BCUT2D eigenvalue weighted by atomic mass is 10.1. The number of rotatable bonds is 5. The lowest BCUT2D eigenvalue weighted by Crippen LogP contribution is -2.02. The van der Waals surface area contributed by atoms with E-state index in [2.05, 4.69) is 0 Å². The number of hydrogen-bond donors (Lipinski definition) is 1. The summed E-state index contributed by atoms with van der Waals surface area (Å²) in [5, 5.41) is 8.68. The van der Waals surface area contributed by atoms with Crippen molar-refractivity contribution < 1.29 is 19.4 Å².